The van der Waals surface area contributed by atoms with Crippen molar-refractivity contribution in [3.8, 4) is 11.5 Å². The summed E-state index contributed by atoms with van der Waals surface area (Å²) in [6, 6.07) is 12.2. The maximum Gasteiger partial charge on any atom is 0.416 e. The molecule has 3 rings (SSSR count). The fourth-order valence-corrected chi connectivity index (χ4v) is 2.40. The Balaban J connectivity index is 1.77. The zero-order chi connectivity index (χ0) is 18.0. The topological polar surface area (TPSA) is 51.0 Å². The van der Waals surface area contributed by atoms with E-state index in [0.29, 0.717) is 17.5 Å². The van der Waals surface area contributed by atoms with Crippen molar-refractivity contribution in [2.45, 2.75) is 26.1 Å². The molecule has 1 N–H and O–H groups in total. The zero-order valence-corrected chi connectivity index (χ0v) is 13.6. The fraction of sp³-hybridized carbons (Fsp3) is 0.222. The highest BCUT2D eigenvalue weighted by molar-refractivity contribution is 5.54. The Morgan fingerprint density at radius 1 is 1.04 bits per heavy atom. The molecule has 3 aromatic rings. The Kier molecular flexibility index (Phi) is 4.48. The standard InChI is InChI=1S/C18H16F3N3O/c1-11-5-3-6-13(9-11)17-24-23-16(25-17)12(2)22-15-8-4-7-14(10-15)18(19,20)21/h3-10,12,22H,1-2H3/t12-/m1/s1. The molecule has 0 bridgehead atoms. The third-order valence-electron chi connectivity index (χ3n) is 3.65. The van der Waals surface area contributed by atoms with Gasteiger partial charge in [-0.25, -0.2) is 0 Å². The number of halogens is 3. The van der Waals surface area contributed by atoms with Crippen LogP contribution in [0.1, 0.15) is 30.0 Å². The molecule has 7 heteroatoms. The maximum atomic E-state index is 12.8. The Hall–Kier alpha value is -2.83. The van der Waals surface area contributed by atoms with E-state index in [1.807, 2.05) is 31.2 Å². The van der Waals surface area contributed by atoms with Gasteiger partial charge in [0.05, 0.1) is 5.56 Å². The van der Waals surface area contributed by atoms with E-state index in [2.05, 4.69) is 15.5 Å². The van der Waals surface area contributed by atoms with Crippen LogP contribution in [0.25, 0.3) is 11.5 Å². The normalized spacial score (nSPS) is 12.8. The molecule has 0 unspecified atom stereocenters. The molecule has 1 aromatic heterocycles. The van der Waals surface area contributed by atoms with E-state index in [1.54, 1.807) is 13.0 Å². The van der Waals surface area contributed by atoms with Crippen molar-refractivity contribution in [2.75, 3.05) is 5.32 Å². The lowest BCUT2D eigenvalue weighted by Gasteiger charge is -2.13. The lowest BCUT2D eigenvalue weighted by molar-refractivity contribution is -0.137. The van der Waals surface area contributed by atoms with Crippen LogP contribution in [0, 0.1) is 6.92 Å². The number of nitrogens with one attached hydrogen (secondary N) is 1. The summed E-state index contributed by atoms with van der Waals surface area (Å²) in [4.78, 5) is 0. The second-order valence-corrected chi connectivity index (χ2v) is 5.76. The molecule has 1 atom stereocenters. The fourth-order valence-electron chi connectivity index (χ4n) is 2.40. The van der Waals surface area contributed by atoms with Gasteiger partial charge in [-0.1, -0.05) is 23.8 Å². The molecule has 0 spiro atoms. The number of hydrogen-bond donors (Lipinski definition) is 1. The first-order chi connectivity index (χ1) is 11.8. The molecule has 1 heterocycles. The van der Waals surface area contributed by atoms with E-state index in [-0.39, 0.29) is 0 Å². The van der Waals surface area contributed by atoms with Crippen molar-refractivity contribution in [1.29, 1.82) is 0 Å². The van der Waals surface area contributed by atoms with Crippen LogP contribution in [0.15, 0.2) is 52.9 Å². The van der Waals surface area contributed by atoms with Crippen LogP contribution >= 0.6 is 0 Å². The first-order valence-electron chi connectivity index (χ1n) is 7.67. The first-order valence-corrected chi connectivity index (χ1v) is 7.67. The summed E-state index contributed by atoms with van der Waals surface area (Å²) in [6.45, 7) is 3.70. The molecular weight excluding hydrogens is 331 g/mol. The molecule has 0 saturated heterocycles. The van der Waals surface area contributed by atoms with E-state index in [9.17, 15) is 13.2 Å². The average molecular weight is 347 g/mol. The van der Waals surface area contributed by atoms with Crippen molar-refractivity contribution < 1.29 is 17.6 Å². The van der Waals surface area contributed by atoms with Crippen molar-refractivity contribution in [1.82, 2.24) is 10.2 Å². The van der Waals surface area contributed by atoms with E-state index >= 15 is 0 Å². The molecule has 130 valence electrons. The molecule has 25 heavy (non-hydrogen) atoms. The van der Waals surface area contributed by atoms with Gasteiger partial charge in [-0.2, -0.15) is 13.2 Å². The number of hydrogen-bond acceptors (Lipinski definition) is 4. The summed E-state index contributed by atoms with van der Waals surface area (Å²) < 4.78 is 44.0. The van der Waals surface area contributed by atoms with E-state index in [0.717, 1.165) is 23.3 Å². The summed E-state index contributed by atoms with van der Waals surface area (Å²) in [5, 5.41) is 10.9. The third-order valence-corrected chi connectivity index (χ3v) is 3.65. The Bertz CT molecular complexity index is 874. The van der Waals surface area contributed by atoms with Crippen LogP contribution in [0.3, 0.4) is 0 Å². The molecule has 2 aromatic carbocycles. The average Bonchev–Trinajstić information content (AvgIpc) is 3.04. The van der Waals surface area contributed by atoms with Crippen LogP contribution in [0.2, 0.25) is 0 Å². The smallest absolute Gasteiger partial charge is 0.416 e. The van der Waals surface area contributed by atoms with Gasteiger partial charge in [0, 0.05) is 11.3 Å². The maximum absolute atomic E-state index is 12.8. The van der Waals surface area contributed by atoms with Gasteiger partial charge in [0.1, 0.15) is 6.04 Å². The van der Waals surface area contributed by atoms with Gasteiger partial charge in [0.2, 0.25) is 11.8 Å². The summed E-state index contributed by atoms with van der Waals surface area (Å²) in [5.41, 5.74) is 1.48. The predicted octanol–water partition coefficient (Wildman–Crippen LogP) is 5.24. The van der Waals surface area contributed by atoms with Crippen molar-refractivity contribution in [2.24, 2.45) is 0 Å². The number of nitrogens with zero attached hydrogens (tertiary/aromatic N) is 2. The first kappa shape index (κ1) is 17.0. The molecule has 0 saturated carbocycles. The van der Waals surface area contributed by atoms with Crippen LogP contribution in [-0.4, -0.2) is 10.2 Å². The SMILES string of the molecule is Cc1cccc(-c2nnc([C@@H](C)Nc3cccc(C(F)(F)F)c3)o2)c1. The minimum Gasteiger partial charge on any atom is -0.418 e. The number of anilines is 1. The van der Waals surface area contributed by atoms with Crippen LogP contribution in [0.5, 0.6) is 0 Å². The lowest BCUT2D eigenvalue weighted by atomic mass is 10.1. The Labute approximate surface area is 142 Å². The summed E-state index contributed by atoms with van der Waals surface area (Å²) >= 11 is 0. The molecule has 0 aliphatic rings. The van der Waals surface area contributed by atoms with Gasteiger partial charge in [-0.05, 0) is 44.2 Å². The summed E-state index contributed by atoms with van der Waals surface area (Å²) in [7, 11) is 0. The minimum atomic E-state index is -4.39. The van der Waals surface area contributed by atoms with Gasteiger partial charge < -0.3 is 9.73 Å². The number of benzene rings is 2. The van der Waals surface area contributed by atoms with Crippen molar-refractivity contribution in [3.63, 3.8) is 0 Å². The highest BCUT2D eigenvalue weighted by atomic mass is 19.4. The van der Waals surface area contributed by atoms with Crippen molar-refractivity contribution >= 4 is 5.69 Å². The number of aromatic nitrogens is 2. The quantitative estimate of drug-likeness (QED) is 0.701. The number of aryl methyl sites for hydroxylation is 1. The zero-order valence-electron chi connectivity index (χ0n) is 13.6. The molecule has 0 aliphatic heterocycles. The van der Waals surface area contributed by atoms with Gasteiger partial charge in [-0.3, -0.25) is 0 Å². The number of rotatable bonds is 4. The van der Waals surface area contributed by atoms with E-state index in [1.165, 1.54) is 6.07 Å². The molecule has 0 aliphatic carbocycles. The van der Waals surface area contributed by atoms with Crippen LogP contribution in [-0.2, 0) is 6.18 Å². The summed E-state index contributed by atoms with van der Waals surface area (Å²) in [6.07, 6.45) is -4.39. The van der Waals surface area contributed by atoms with E-state index < -0.39 is 17.8 Å². The lowest BCUT2D eigenvalue weighted by Crippen LogP contribution is -2.09. The number of alkyl halides is 3. The third kappa shape index (κ3) is 3.99. The highest BCUT2D eigenvalue weighted by Crippen LogP contribution is 2.31. The van der Waals surface area contributed by atoms with E-state index in [4.69, 9.17) is 4.42 Å². The van der Waals surface area contributed by atoms with Gasteiger partial charge in [0.15, 0.2) is 0 Å². The van der Waals surface area contributed by atoms with Gasteiger partial charge in [-0.15, -0.1) is 10.2 Å². The molecule has 0 fully saturated rings. The monoisotopic (exact) mass is 347 g/mol. The van der Waals surface area contributed by atoms with Gasteiger partial charge in [0.25, 0.3) is 0 Å². The largest absolute Gasteiger partial charge is 0.418 e. The van der Waals surface area contributed by atoms with Gasteiger partial charge >= 0.3 is 6.18 Å². The Morgan fingerprint density at radius 3 is 2.52 bits per heavy atom. The summed E-state index contributed by atoms with van der Waals surface area (Å²) in [5.74, 6) is 0.672. The highest BCUT2D eigenvalue weighted by Gasteiger charge is 2.30. The van der Waals surface area contributed by atoms with Crippen LogP contribution < -0.4 is 5.32 Å². The second-order valence-electron chi connectivity index (χ2n) is 5.76. The minimum absolute atomic E-state index is 0.300. The second kappa shape index (κ2) is 6.58. The molecular formula is C18H16F3N3O. The molecule has 0 amide bonds. The molecule has 0 radical (unpaired) electrons. The Morgan fingerprint density at radius 2 is 1.80 bits per heavy atom. The van der Waals surface area contributed by atoms with Crippen molar-refractivity contribution in [3.05, 3.63) is 65.5 Å². The van der Waals surface area contributed by atoms with Crippen LogP contribution in [0.4, 0.5) is 18.9 Å². The predicted molar refractivity (Wildman–Crippen MR) is 88.0 cm³/mol. The molecule has 4 nitrogen and oxygen atoms in total.